The smallest absolute Gasteiger partial charge is 0.435 e. The van der Waals surface area contributed by atoms with Gasteiger partial charge in [0.15, 0.2) is 10.8 Å². The molecule has 0 aliphatic heterocycles. The highest BCUT2D eigenvalue weighted by atomic mass is 35.5. The van der Waals surface area contributed by atoms with Crippen LogP contribution in [0.3, 0.4) is 0 Å². The van der Waals surface area contributed by atoms with E-state index in [9.17, 15) is 18.0 Å². The number of nitrogens with zero attached hydrogens (tertiary/aromatic N) is 2. The Hall–Kier alpha value is -1.37. The molecular weight excluding hydrogens is 249 g/mol. The van der Waals surface area contributed by atoms with E-state index in [4.69, 9.17) is 11.6 Å². The monoisotopic (exact) mass is 254 g/mol. The molecule has 1 heterocycles. The van der Waals surface area contributed by atoms with Gasteiger partial charge in [0.2, 0.25) is 0 Å². The highest BCUT2D eigenvalue weighted by Crippen LogP contribution is 2.28. The van der Waals surface area contributed by atoms with Gasteiger partial charge in [0.1, 0.15) is 5.56 Å². The van der Waals surface area contributed by atoms with Crippen LogP contribution in [0.1, 0.15) is 23.0 Å². The van der Waals surface area contributed by atoms with E-state index in [-0.39, 0.29) is 6.61 Å². The van der Waals surface area contributed by atoms with Gasteiger partial charge in [-0.05, 0) is 13.0 Å². The Balaban J connectivity index is 3.14. The zero-order chi connectivity index (χ0) is 12.3. The van der Waals surface area contributed by atoms with Crippen LogP contribution in [0.25, 0.3) is 0 Å². The minimum atomic E-state index is -4.68. The molecule has 0 amide bonds. The maximum Gasteiger partial charge on any atom is 0.435 e. The van der Waals surface area contributed by atoms with Crippen LogP contribution in [0.4, 0.5) is 13.2 Å². The third-order valence-corrected chi connectivity index (χ3v) is 1.81. The fourth-order valence-electron chi connectivity index (χ4n) is 0.867. The van der Waals surface area contributed by atoms with Gasteiger partial charge < -0.3 is 4.74 Å². The number of esters is 1. The van der Waals surface area contributed by atoms with Crippen molar-refractivity contribution >= 4 is 17.6 Å². The number of halogens is 4. The number of rotatable bonds is 2. The SMILES string of the molecule is CCOC(=O)c1cc(C(F)(F)F)nnc1Cl. The van der Waals surface area contributed by atoms with Gasteiger partial charge in [-0.15, -0.1) is 10.2 Å². The van der Waals surface area contributed by atoms with E-state index in [1.165, 1.54) is 6.92 Å². The van der Waals surface area contributed by atoms with Crippen molar-refractivity contribution in [2.75, 3.05) is 6.61 Å². The molecule has 0 atom stereocenters. The number of ether oxygens (including phenoxy) is 1. The molecule has 0 saturated carbocycles. The first-order valence-corrected chi connectivity index (χ1v) is 4.51. The molecule has 0 aliphatic rings. The average molecular weight is 255 g/mol. The standard InChI is InChI=1S/C8H6ClF3N2O2/c1-2-16-7(15)4-3-5(8(10,11)12)13-14-6(4)9/h3H,2H2,1H3. The summed E-state index contributed by atoms with van der Waals surface area (Å²) in [5.41, 5.74) is -1.74. The Morgan fingerprint density at radius 3 is 2.62 bits per heavy atom. The van der Waals surface area contributed by atoms with Crippen LogP contribution in [0.5, 0.6) is 0 Å². The van der Waals surface area contributed by atoms with E-state index >= 15 is 0 Å². The van der Waals surface area contributed by atoms with Crippen LogP contribution >= 0.6 is 11.6 Å². The van der Waals surface area contributed by atoms with Gasteiger partial charge >= 0.3 is 12.1 Å². The third-order valence-electron chi connectivity index (χ3n) is 1.53. The molecule has 1 aromatic heterocycles. The van der Waals surface area contributed by atoms with E-state index in [1.54, 1.807) is 0 Å². The number of alkyl halides is 3. The Morgan fingerprint density at radius 1 is 1.50 bits per heavy atom. The Labute approximate surface area is 93.4 Å². The summed E-state index contributed by atoms with van der Waals surface area (Å²) < 4.78 is 41.3. The Bertz CT molecular complexity index is 409. The van der Waals surface area contributed by atoms with Gasteiger partial charge in [0.25, 0.3) is 0 Å². The molecule has 0 aromatic carbocycles. The molecule has 0 radical (unpaired) electrons. The minimum Gasteiger partial charge on any atom is -0.462 e. The van der Waals surface area contributed by atoms with Crippen molar-refractivity contribution < 1.29 is 22.7 Å². The zero-order valence-electron chi connectivity index (χ0n) is 8.01. The fourth-order valence-corrected chi connectivity index (χ4v) is 1.04. The van der Waals surface area contributed by atoms with E-state index in [0.29, 0.717) is 6.07 Å². The minimum absolute atomic E-state index is 0.0266. The van der Waals surface area contributed by atoms with E-state index < -0.39 is 28.6 Å². The lowest BCUT2D eigenvalue weighted by Crippen LogP contribution is -2.14. The van der Waals surface area contributed by atoms with E-state index in [0.717, 1.165) is 0 Å². The van der Waals surface area contributed by atoms with Crippen LogP contribution in [-0.4, -0.2) is 22.8 Å². The lowest BCUT2D eigenvalue weighted by Gasteiger charge is -2.07. The second-order valence-corrected chi connectivity index (χ2v) is 3.01. The lowest BCUT2D eigenvalue weighted by molar-refractivity contribution is -0.141. The van der Waals surface area contributed by atoms with Crippen LogP contribution in [0.15, 0.2) is 6.07 Å². The summed E-state index contributed by atoms with van der Waals surface area (Å²) in [5, 5.41) is 5.46. The molecule has 0 aliphatic carbocycles. The van der Waals surface area contributed by atoms with Gasteiger partial charge in [0, 0.05) is 0 Å². The summed E-state index contributed by atoms with van der Waals surface area (Å²) in [6, 6.07) is 0.507. The van der Waals surface area contributed by atoms with Gasteiger partial charge in [-0.3, -0.25) is 0 Å². The second kappa shape index (κ2) is 4.65. The van der Waals surface area contributed by atoms with Gasteiger partial charge in [-0.1, -0.05) is 11.6 Å². The Kier molecular flexibility index (Phi) is 3.69. The number of hydrogen-bond acceptors (Lipinski definition) is 4. The Morgan fingerprint density at radius 2 is 2.12 bits per heavy atom. The molecule has 4 nitrogen and oxygen atoms in total. The zero-order valence-corrected chi connectivity index (χ0v) is 8.76. The van der Waals surface area contributed by atoms with Crippen LogP contribution in [0, 0.1) is 0 Å². The van der Waals surface area contributed by atoms with E-state index in [1.807, 2.05) is 0 Å². The molecule has 1 rings (SSSR count). The molecule has 16 heavy (non-hydrogen) atoms. The maximum absolute atomic E-state index is 12.3. The van der Waals surface area contributed by atoms with Crippen LogP contribution in [-0.2, 0) is 10.9 Å². The summed E-state index contributed by atoms with van der Waals surface area (Å²) in [6.07, 6.45) is -4.68. The molecule has 88 valence electrons. The molecule has 0 spiro atoms. The first-order valence-electron chi connectivity index (χ1n) is 4.13. The summed E-state index contributed by atoms with van der Waals surface area (Å²) in [4.78, 5) is 11.2. The highest BCUT2D eigenvalue weighted by Gasteiger charge is 2.34. The largest absolute Gasteiger partial charge is 0.462 e. The first kappa shape index (κ1) is 12.7. The average Bonchev–Trinajstić information content (AvgIpc) is 2.16. The van der Waals surface area contributed by atoms with Crippen molar-refractivity contribution in [1.82, 2.24) is 10.2 Å². The van der Waals surface area contributed by atoms with Crippen molar-refractivity contribution in [1.29, 1.82) is 0 Å². The maximum atomic E-state index is 12.3. The summed E-state index contributed by atoms with van der Waals surface area (Å²) in [6.45, 7) is 1.55. The molecule has 8 heteroatoms. The lowest BCUT2D eigenvalue weighted by atomic mass is 10.2. The molecular formula is C8H6ClF3N2O2. The van der Waals surface area contributed by atoms with Crippen molar-refractivity contribution in [3.63, 3.8) is 0 Å². The quantitative estimate of drug-likeness (QED) is 0.760. The van der Waals surface area contributed by atoms with Crippen LogP contribution in [0.2, 0.25) is 5.15 Å². The van der Waals surface area contributed by atoms with E-state index in [2.05, 4.69) is 14.9 Å². The number of aromatic nitrogens is 2. The van der Waals surface area contributed by atoms with Crippen LogP contribution < -0.4 is 0 Å². The van der Waals surface area contributed by atoms with Gasteiger partial charge in [-0.2, -0.15) is 13.2 Å². The number of carbonyl (C=O) groups is 1. The summed E-state index contributed by atoms with van der Waals surface area (Å²) in [5.74, 6) is -0.965. The predicted octanol–water partition coefficient (Wildman–Crippen LogP) is 2.33. The number of carbonyl (C=O) groups excluding carboxylic acids is 1. The van der Waals surface area contributed by atoms with Crippen molar-refractivity contribution in [3.05, 3.63) is 22.5 Å². The number of hydrogen-bond donors (Lipinski definition) is 0. The molecule has 0 N–H and O–H groups in total. The first-order chi connectivity index (χ1) is 7.36. The molecule has 1 aromatic rings. The topological polar surface area (TPSA) is 52.1 Å². The van der Waals surface area contributed by atoms with Gasteiger partial charge in [0.05, 0.1) is 6.61 Å². The van der Waals surface area contributed by atoms with Crippen molar-refractivity contribution in [2.24, 2.45) is 0 Å². The third kappa shape index (κ3) is 2.82. The molecule has 0 fully saturated rings. The summed E-state index contributed by atoms with van der Waals surface area (Å²) >= 11 is 5.44. The molecule has 0 saturated heterocycles. The normalized spacial score (nSPS) is 11.3. The second-order valence-electron chi connectivity index (χ2n) is 2.65. The molecule has 0 bridgehead atoms. The highest BCUT2D eigenvalue weighted by molar-refractivity contribution is 6.32. The van der Waals surface area contributed by atoms with Crippen molar-refractivity contribution in [2.45, 2.75) is 13.1 Å². The fraction of sp³-hybridized carbons (Fsp3) is 0.375. The predicted molar refractivity (Wildman–Crippen MR) is 48.0 cm³/mol. The van der Waals surface area contributed by atoms with Crippen molar-refractivity contribution in [3.8, 4) is 0 Å². The summed E-state index contributed by atoms with van der Waals surface area (Å²) in [7, 11) is 0. The molecule has 0 unspecified atom stereocenters. The van der Waals surface area contributed by atoms with Gasteiger partial charge in [-0.25, -0.2) is 4.79 Å².